The average Bonchev–Trinajstić information content (AvgIpc) is 2.83. The quantitative estimate of drug-likeness (QED) is 0.714. The maximum Gasteiger partial charge on any atom is 0.186 e. The standard InChI is InChI=1S/C23H28O8/c1-25-16-10-9-14(11-17(16)26-2)12-28-21-19(24)23(27-3)30-18-13-29-22(31-20(18)21)15-7-5-4-6-8-15/h4-11,18-24H,12-13H2,1-3H3/t18-,19-,20-,21-,22?,23+/m1/s1. The third-order valence-corrected chi connectivity index (χ3v) is 5.50. The molecule has 0 aliphatic carbocycles. The molecule has 0 bridgehead atoms. The van der Waals surface area contributed by atoms with Crippen molar-refractivity contribution >= 4 is 0 Å². The molecule has 6 atom stereocenters. The Morgan fingerprint density at radius 1 is 0.968 bits per heavy atom. The number of aliphatic hydroxyl groups is 1. The Labute approximate surface area is 181 Å². The molecule has 1 N–H and O–H groups in total. The van der Waals surface area contributed by atoms with Crippen molar-refractivity contribution in [1.29, 1.82) is 0 Å². The highest BCUT2D eigenvalue weighted by Crippen LogP contribution is 2.36. The van der Waals surface area contributed by atoms with E-state index in [-0.39, 0.29) is 6.61 Å². The summed E-state index contributed by atoms with van der Waals surface area (Å²) in [5, 5.41) is 10.8. The van der Waals surface area contributed by atoms with Gasteiger partial charge in [0.1, 0.15) is 24.4 Å². The summed E-state index contributed by atoms with van der Waals surface area (Å²) in [5.74, 6) is 1.24. The fourth-order valence-electron chi connectivity index (χ4n) is 3.89. The summed E-state index contributed by atoms with van der Waals surface area (Å²) < 4.78 is 40.0. The lowest BCUT2D eigenvalue weighted by Gasteiger charge is -2.47. The molecule has 2 aromatic rings. The minimum atomic E-state index is -1.03. The van der Waals surface area contributed by atoms with Crippen LogP contribution in [-0.4, -0.2) is 63.7 Å². The van der Waals surface area contributed by atoms with Crippen molar-refractivity contribution in [3.05, 3.63) is 59.7 Å². The fraction of sp³-hybridized carbons (Fsp3) is 0.478. The first-order valence-corrected chi connectivity index (χ1v) is 10.2. The Morgan fingerprint density at radius 3 is 2.45 bits per heavy atom. The second-order valence-corrected chi connectivity index (χ2v) is 7.41. The van der Waals surface area contributed by atoms with E-state index in [0.717, 1.165) is 11.1 Å². The molecule has 2 aromatic carbocycles. The van der Waals surface area contributed by atoms with E-state index in [0.29, 0.717) is 18.1 Å². The van der Waals surface area contributed by atoms with Crippen LogP contribution in [0, 0.1) is 0 Å². The van der Waals surface area contributed by atoms with Gasteiger partial charge in [-0.2, -0.15) is 0 Å². The SMILES string of the molecule is COc1ccc(CO[C@@H]2[C@@H](O)[C@@H](OC)O[C@@H]3COC(c4ccccc4)O[C@@H]23)cc1OC. The molecule has 1 unspecified atom stereocenters. The van der Waals surface area contributed by atoms with Crippen molar-refractivity contribution < 1.29 is 38.3 Å². The summed E-state index contributed by atoms with van der Waals surface area (Å²) in [6.07, 6.45) is -4.06. The molecule has 0 aromatic heterocycles. The molecule has 168 valence electrons. The fourth-order valence-corrected chi connectivity index (χ4v) is 3.89. The molecular formula is C23H28O8. The van der Waals surface area contributed by atoms with Crippen LogP contribution in [0.1, 0.15) is 17.4 Å². The van der Waals surface area contributed by atoms with Gasteiger partial charge in [-0.3, -0.25) is 0 Å². The number of rotatable bonds is 7. The van der Waals surface area contributed by atoms with Gasteiger partial charge in [-0.05, 0) is 17.7 Å². The van der Waals surface area contributed by atoms with Gasteiger partial charge in [-0.15, -0.1) is 0 Å². The van der Waals surface area contributed by atoms with Gasteiger partial charge < -0.3 is 38.3 Å². The second-order valence-electron chi connectivity index (χ2n) is 7.41. The third kappa shape index (κ3) is 4.69. The topological polar surface area (TPSA) is 84.8 Å². The van der Waals surface area contributed by atoms with Crippen LogP contribution < -0.4 is 9.47 Å². The number of fused-ring (bicyclic) bond motifs is 1. The van der Waals surface area contributed by atoms with E-state index in [1.165, 1.54) is 7.11 Å². The molecule has 0 amide bonds. The summed E-state index contributed by atoms with van der Waals surface area (Å²) in [6.45, 7) is 0.537. The Bertz CT molecular complexity index is 845. The maximum atomic E-state index is 10.8. The van der Waals surface area contributed by atoms with Crippen LogP contribution in [0.5, 0.6) is 11.5 Å². The summed E-state index contributed by atoms with van der Waals surface area (Å²) in [7, 11) is 4.65. The molecule has 4 rings (SSSR count). The van der Waals surface area contributed by atoms with E-state index >= 15 is 0 Å². The van der Waals surface area contributed by atoms with Crippen molar-refractivity contribution in [3.63, 3.8) is 0 Å². The molecule has 0 saturated carbocycles. The van der Waals surface area contributed by atoms with Crippen molar-refractivity contribution in [2.45, 2.75) is 43.6 Å². The number of benzene rings is 2. The molecule has 8 nitrogen and oxygen atoms in total. The van der Waals surface area contributed by atoms with Gasteiger partial charge in [0, 0.05) is 12.7 Å². The van der Waals surface area contributed by atoms with Gasteiger partial charge in [0.2, 0.25) is 0 Å². The van der Waals surface area contributed by atoms with Gasteiger partial charge >= 0.3 is 0 Å². The summed E-state index contributed by atoms with van der Waals surface area (Å²) in [5.41, 5.74) is 1.76. The van der Waals surface area contributed by atoms with Crippen molar-refractivity contribution in [2.75, 3.05) is 27.9 Å². The normalized spacial score (nSPS) is 30.5. The average molecular weight is 432 g/mol. The first-order chi connectivity index (χ1) is 15.1. The van der Waals surface area contributed by atoms with Gasteiger partial charge in [0.15, 0.2) is 24.1 Å². The van der Waals surface area contributed by atoms with Gasteiger partial charge in [0.05, 0.1) is 27.4 Å². The van der Waals surface area contributed by atoms with E-state index in [2.05, 4.69) is 0 Å². The lowest BCUT2D eigenvalue weighted by Crippen LogP contribution is -2.62. The van der Waals surface area contributed by atoms with E-state index in [9.17, 15) is 5.11 Å². The minimum absolute atomic E-state index is 0.238. The molecule has 0 radical (unpaired) electrons. The highest BCUT2D eigenvalue weighted by molar-refractivity contribution is 5.42. The van der Waals surface area contributed by atoms with E-state index in [4.69, 9.17) is 33.2 Å². The molecule has 2 aliphatic heterocycles. The second kappa shape index (κ2) is 9.95. The van der Waals surface area contributed by atoms with E-state index in [1.807, 2.05) is 48.5 Å². The van der Waals surface area contributed by atoms with Crippen LogP contribution in [0.25, 0.3) is 0 Å². The van der Waals surface area contributed by atoms with Gasteiger partial charge in [0.25, 0.3) is 0 Å². The number of methoxy groups -OCH3 is 3. The molecule has 8 heteroatoms. The van der Waals surface area contributed by atoms with Crippen LogP contribution >= 0.6 is 0 Å². The Balaban J connectivity index is 1.51. The highest BCUT2D eigenvalue weighted by atomic mass is 16.8. The minimum Gasteiger partial charge on any atom is -0.493 e. The Morgan fingerprint density at radius 2 is 1.74 bits per heavy atom. The molecular weight excluding hydrogens is 404 g/mol. The van der Waals surface area contributed by atoms with Crippen molar-refractivity contribution in [3.8, 4) is 11.5 Å². The van der Waals surface area contributed by atoms with E-state index in [1.54, 1.807) is 14.2 Å². The largest absolute Gasteiger partial charge is 0.493 e. The number of ether oxygens (including phenoxy) is 7. The zero-order chi connectivity index (χ0) is 21.8. The Hall–Kier alpha value is -2.20. The third-order valence-electron chi connectivity index (χ3n) is 5.50. The summed E-state index contributed by atoms with van der Waals surface area (Å²) in [6, 6.07) is 15.2. The lowest BCUT2D eigenvalue weighted by atomic mass is 9.97. The predicted octanol–water partition coefficient (Wildman–Crippen LogP) is 2.44. The van der Waals surface area contributed by atoms with E-state index < -0.39 is 37.0 Å². The summed E-state index contributed by atoms with van der Waals surface area (Å²) >= 11 is 0. The molecule has 0 spiro atoms. The number of hydrogen-bond donors (Lipinski definition) is 1. The first-order valence-electron chi connectivity index (χ1n) is 10.2. The van der Waals surface area contributed by atoms with Crippen LogP contribution in [0.4, 0.5) is 0 Å². The van der Waals surface area contributed by atoms with Crippen LogP contribution in [0.3, 0.4) is 0 Å². The zero-order valence-corrected chi connectivity index (χ0v) is 17.8. The summed E-state index contributed by atoms with van der Waals surface area (Å²) in [4.78, 5) is 0. The first kappa shape index (κ1) is 22.0. The molecule has 2 fully saturated rings. The van der Waals surface area contributed by atoms with Crippen LogP contribution in [0.15, 0.2) is 48.5 Å². The smallest absolute Gasteiger partial charge is 0.186 e. The van der Waals surface area contributed by atoms with Gasteiger partial charge in [-0.25, -0.2) is 0 Å². The van der Waals surface area contributed by atoms with Gasteiger partial charge in [-0.1, -0.05) is 36.4 Å². The molecule has 2 heterocycles. The highest BCUT2D eigenvalue weighted by Gasteiger charge is 2.50. The molecule has 2 saturated heterocycles. The monoisotopic (exact) mass is 432 g/mol. The number of aliphatic hydroxyl groups excluding tert-OH is 1. The van der Waals surface area contributed by atoms with Crippen molar-refractivity contribution in [1.82, 2.24) is 0 Å². The zero-order valence-electron chi connectivity index (χ0n) is 17.8. The van der Waals surface area contributed by atoms with Crippen LogP contribution in [-0.2, 0) is 30.3 Å². The number of hydrogen-bond acceptors (Lipinski definition) is 8. The lowest BCUT2D eigenvalue weighted by molar-refractivity contribution is -0.363. The van der Waals surface area contributed by atoms with Crippen molar-refractivity contribution in [2.24, 2.45) is 0 Å². The van der Waals surface area contributed by atoms with Crippen LogP contribution in [0.2, 0.25) is 0 Å². The molecule has 2 aliphatic rings. The maximum absolute atomic E-state index is 10.8. The molecule has 31 heavy (non-hydrogen) atoms. The predicted molar refractivity (Wildman–Crippen MR) is 110 cm³/mol. The Kier molecular flexibility index (Phi) is 7.06.